The highest BCUT2D eigenvalue weighted by atomic mass is 16.6. The summed E-state index contributed by atoms with van der Waals surface area (Å²) in [5.74, 6) is 0. The second kappa shape index (κ2) is 9.00. The standard InChI is InChI=1S/C20H30N2O2/c1-20(2,3)21-14-18(23)15-24-22-19-12-8-7-11-17(19)13-16-9-5-4-6-10-16/h4-6,9-10,13,18,21,23H,7-8,11-12,14-15H2,1-3H3/b17-13+,22-19+/t18-/m0/s1. The van der Waals surface area contributed by atoms with Crippen molar-refractivity contribution in [2.45, 2.75) is 58.1 Å². The molecule has 2 N–H and O–H groups in total. The van der Waals surface area contributed by atoms with E-state index < -0.39 is 6.10 Å². The molecule has 0 unspecified atom stereocenters. The molecule has 0 radical (unpaired) electrons. The zero-order valence-corrected chi connectivity index (χ0v) is 15.1. The maximum Gasteiger partial charge on any atom is 0.144 e. The van der Waals surface area contributed by atoms with Gasteiger partial charge in [0.05, 0.1) is 5.71 Å². The third-order valence-corrected chi connectivity index (χ3v) is 3.93. The van der Waals surface area contributed by atoms with Crippen LogP contribution in [-0.2, 0) is 4.84 Å². The topological polar surface area (TPSA) is 53.8 Å². The van der Waals surface area contributed by atoms with E-state index in [9.17, 15) is 5.11 Å². The molecule has 0 spiro atoms. The summed E-state index contributed by atoms with van der Waals surface area (Å²) in [7, 11) is 0. The lowest BCUT2D eigenvalue weighted by molar-refractivity contribution is 0.0369. The minimum Gasteiger partial charge on any atom is -0.393 e. The summed E-state index contributed by atoms with van der Waals surface area (Å²) in [6, 6.07) is 10.3. The molecule has 4 nitrogen and oxygen atoms in total. The molecule has 1 aromatic carbocycles. The maximum atomic E-state index is 9.97. The van der Waals surface area contributed by atoms with Gasteiger partial charge in [-0.3, -0.25) is 0 Å². The van der Waals surface area contributed by atoms with Crippen molar-refractivity contribution >= 4 is 11.8 Å². The number of nitrogens with zero attached hydrogens (tertiary/aromatic N) is 1. The first-order valence-electron chi connectivity index (χ1n) is 8.82. The minimum atomic E-state index is -0.557. The summed E-state index contributed by atoms with van der Waals surface area (Å²) in [5.41, 5.74) is 3.44. The molecule has 0 aromatic heterocycles. The minimum absolute atomic E-state index is 0.0121. The zero-order chi connectivity index (χ0) is 17.4. The van der Waals surface area contributed by atoms with Crippen LogP contribution in [0.5, 0.6) is 0 Å². The molecule has 1 aliphatic rings. The molecule has 0 bridgehead atoms. The molecule has 1 fully saturated rings. The Kier molecular flexibility index (Phi) is 7.00. The van der Waals surface area contributed by atoms with Crippen LogP contribution in [0.1, 0.15) is 52.0 Å². The second-order valence-corrected chi connectivity index (χ2v) is 7.41. The Hall–Kier alpha value is -1.65. The molecule has 4 heteroatoms. The first-order chi connectivity index (χ1) is 11.4. The number of allylic oxidation sites excluding steroid dienone is 1. The number of β-amino-alcohol motifs (C(OH)–C–C–N with tert-alkyl or cyclic N) is 1. The van der Waals surface area contributed by atoms with Crippen molar-refractivity contribution in [2.24, 2.45) is 5.16 Å². The molecule has 132 valence electrons. The Bertz CT molecular complexity index is 559. The van der Waals surface area contributed by atoms with Crippen molar-refractivity contribution < 1.29 is 9.94 Å². The van der Waals surface area contributed by atoms with Crippen LogP contribution in [0, 0.1) is 0 Å². The molecule has 1 atom stereocenters. The lowest BCUT2D eigenvalue weighted by atomic mass is 9.91. The molecule has 1 aliphatic carbocycles. The van der Waals surface area contributed by atoms with E-state index in [4.69, 9.17) is 4.84 Å². The number of oxime groups is 1. The van der Waals surface area contributed by atoms with Crippen molar-refractivity contribution in [1.29, 1.82) is 0 Å². The predicted octanol–water partition coefficient (Wildman–Crippen LogP) is 3.77. The van der Waals surface area contributed by atoms with Gasteiger partial charge in [-0.05, 0) is 63.7 Å². The Morgan fingerprint density at radius 1 is 1.21 bits per heavy atom. The summed E-state index contributed by atoms with van der Waals surface area (Å²) in [6.07, 6.45) is 5.94. The van der Waals surface area contributed by atoms with Crippen molar-refractivity contribution in [3.8, 4) is 0 Å². The fraction of sp³-hybridized carbons (Fsp3) is 0.550. The Morgan fingerprint density at radius 2 is 1.92 bits per heavy atom. The molecule has 2 rings (SSSR count). The summed E-state index contributed by atoms with van der Waals surface area (Å²) >= 11 is 0. The fourth-order valence-electron chi connectivity index (χ4n) is 2.61. The number of hydrogen-bond donors (Lipinski definition) is 2. The van der Waals surface area contributed by atoms with Crippen molar-refractivity contribution in [3.05, 3.63) is 41.5 Å². The van der Waals surface area contributed by atoms with Crippen molar-refractivity contribution in [3.63, 3.8) is 0 Å². The monoisotopic (exact) mass is 330 g/mol. The zero-order valence-electron chi connectivity index (χ0n) is 15.1. The molecule has 1 aromatic rings. The number of rotatable bonds is 6. The summed E-state index contributed by atoms with van der Waals surface area (Å²) in [5, 5.41) is 17.5. The van der Waals surface area contributed by atoms with E-state index in [1.54, 1.807) is 0 Å². The quantitative estimate of drug-likeness (QED) is 0.781. The number of aliphatic hydroxyl groups excluding tert-OH is 1. The third kappa shape index (κ3) is 6.85. The highest BCUT2D eigenvalue weighted by Crippen LogP contribution is 2.23. The van der Waals surface area contributed by atoms with Gasteiger partial charge in [0.25, 0.3) is 0 Å². The lowest BCUT2D eigenvalue weighted by Gasteiger charge is -2.22. The Morgan fingerprint density at radius 3 is 2.62 bits per heavy atom. The number of aliphatic hydroxyl groups is 1. The summed E-state index contributed by atoms with van der Waals surface area (Å²) < 4.78 is 0. The average molecular weight is 330 g/mol. The number of hydrogen-bond acceptors (Lipinski definition) is 4. The van der Waals surface area contributed by atoms with E-state index in [-0.39, 0.29) is 12.1 Å². The maximum absolute atomic E-state index is 9.97. The van der Waals surface area contributed by atoms with Crippen LogP contribution >= 0.6 is 0 Å². The molecular formula is C20H30N2O2. The van der Waals surface area contributed by atoms with Gasteiger partial charge in [-0.2, -0.15) is 0 Å². The molecular weight excluding hydrogens is 300 g/mol. The molecule has 1 saturated carbocycles. The van der Waals surface area contributed by atoms with Gasteiger partial charge in [-0.15, -0.1) is 0 Å². The van der Waals surface area contributed by atoms with Gasteiger partial charge >= 0.3 is 0 Å². The SMILES string of the molecule is CC(C)(C)NC[C@H](O)CO/N=C1\CCCC\C1=C/c1ccccc1. The normalized spacial score (nSPS) is 20.3. The second-order valence-electron chi connectivity index (χ2n) is 7.41. The lowest BCUT2D eigenvalue weighted by Crippen LogP contribution is -2.42. The summed E-state index contributed by atoms with van der Waals surface area (Å²) in [6.45, 7) is 6.93. The van der Waals surface area contributed by atoms with E-state index in [1.807, 2.05) is 18.2 Å². The number of nitrogens with one attached hydrogen (secondary N) is 1. The van der Waals surface area contributed by atoms with Crippen LogP contribution in [-0.4, -0.2) is 35.6 Å². The van der Waals surface area contributed by atoms with Crippen molar-refractivity contribution in [1.82, 2.24) is 5.32 Å². The molecule has 0 heterocycles. The van der Waals surface area contributed by atoms with Crippen molar-refractivity contribution in [2.75, 3.05) is 13.2 Å². The highest BCUT2D eigenvalue weighted by molar-refractivity contribution is 6.03. The molecule has 24 heavy (non-hydrogen) atoms. The first kappa shape index (κ1) is 18.7. The Labute approximate surface area is 145 Å². The molecule has 0 saturated heterocycles. The van der Waals surface area contributed by atoms with Gasteiger partial charge in [-0.1, -0.05) is 35.5 Å². The molecule has 0 aliphatic heterocycles. The van der Waals surface area contributed by atoms with E-state index in [1.165, 1.54) is 17.6 Å². The van der Waals surface area contributed by atoms with Crippen LogP contribution in [0.25, 0.3) is 6.08 Å². The van der Waals surface area contributed by atoms with Gasteiger partial charge in [-0.25, -0.2) is 0 Å². The highest BCUT2D eigenvalue weighted by Gasteiger charge is 2.15. The van der Waals surface area contributed by atoms with E-state index in [2.05, 4.69) is 49.5 Å². The average Bonchev–Trinajstić information content (AvgIpc) is 2.55. The third-order valence-electron chi connectivity index (χ3n) is 3.93. The van der Waals surface area contributed by atoms with Crippen LogP contribution in [0.4, 0.5) is 0 Å². The van der Waals surface area contributed by atoms with Gasteiger partial charge in [0, 0.05) is 12.1 Å². The first-order valence-corrected chi connectivity index (χ1v) is 8.82. The van der Waals surface area contributed by atoms with E-state index >= 15 is 0 Å². The smallest absolute Gasteiger partial charge is 0.144 e. The van der Waals surface area contributed by atoms with E-state index in [0.29, 0.717) is 6.54 Å². The van der Waals surface area contributed by atoms with Crippen LogP contribution < -0.4 is 5.32 Å². The Balaban J connectivity index is 1.90. The largest absolute Gasteiger partial charge is 0.393 e. The van der Waals surface area contributed by atoms with Crippen LogP contribution in [0.2, 0.25) is 0 Å². The van der Waals surface area contributed by atoms with Gasteiger partial charge in [0.15, 0.2) is 0 Å². The van der Waals surface area contributed by atoms with Gasteiger partial charge < -0.3 is 15.3 Å². The van der Waals surface area contributed by atoms with Gasteiger partial charge in [0.2, 0.25) is 0 Å². The van der Waals surface area contributed by atoms with Gasteiger partial charge in [0.1, 0.15) is 12.7 Å². The molecule has 0 amide bonds. The van der Waals surface area contributed by atoms with E-state index in [0.717, 1.165) is 25.0 Å². The summed E-state index contributed by atoms with van der Waals surface area (Å²) in [4.78, 5) is 5.43. The number of benzene rings is 1. The van der Waals surface area contributed by atoms with Crippen LogP contribution in [0.15, 0.2) is 41.1 Å². The van der Waals surface area contributed by atoms with Crippen LogP contribution in [0.3, 0.4) is 0 Å². The fourth-order valence-corrected chi connectivity index (χ4v) is 2.61. The predicted molar refractivity (Wildman–Crippen MR) is 100 cm³/mol.